The number of aromatic amines is 1. The Morgan fingerprint density at radius 3 is 2.81 bits per heavy atom. The van der Waals surface area contributed by atoms with Crippen molar-refractivity contribution in [1.82, 2.24) is 15.3 Å². The number of alkyl carbamates (subject to hydrolysis) is 1. The molecule has 2 N–H and O–H groups in total. The smallest absolute Gasteiger partial charge is 0.407 e. The van der Waals surface area contributed by atoms with Crippen LogP contribution in [0.5, 0.6) is 0 Å². The zero-order chi connectivity index (χ0) is 15.9. The van der Waals surface area contributed by atoms with Crippen molar-refractivity contribution in [1.29, 1.82) is 0 Å². The fraction of sp³-hybridized carbons (Fsp3) is 0.615. The summed E-state index contributed by atoms with van der Waals surface area (Å²) in [6.45, 7) is 6.19. The Morgan fingerprint density at radius 2 is 2.19 bits per heavy atom. The summed E-state index contributed by atoms with van der Waals surface area (Å²) in [5.74, 6) is -0.679. The van der Waals surface area contributed by atoms with Gasteiger partial charge >= 0.3 is 6.09 Å². The van der Waals surface area contributed by atoms with Crippen LogP contribution in [0.2, 0.25) is 0 Å². The first kappa shape index (κ1) is 17.1. The van der Waals surface area contributed by atoms with Crippen molar-refractivity contribution >= 4 is 6.09 Å². The van der Waals surface area contributed by atoms with Gasteiger partial charge in [-0.25, -0.2) is 9.78 Å². The van der Waals surface area contributed by atoms with Crippen molar-refractivity contribution < 1.29 is 18.7 Å². The van der Waals surface area contributed by atoms with Gasteiger partial charge < -0.3 is 19.8 Å². The average Bonchev–Trinajstić information content (AvgIpc) is 2.35. The fourth-order valence-corrected chi connectivity index (χ4v) is 1.34. The van der Waals surface area contributed by atoms with E-state index in [4.69, 9.17) is 9.47 Å². The maximum atomic E-state index is 12.7. The number of ether oxygens (including phenoxy) is 2. The third-order valence-corrected chi connectivity index (χ3v) is 2.18. The molecule has 0 saturated heterocycles. The number of rotatable bonds is 6. The number of hydrogen-bond donors (Lipinski definition) is 2. The van der Waals surface area contributed by atoms with E-state index in [2.05, 4.69) is 15.3 Å². The van der Waals surface area contributed by atoms with E-state index < -0.39 is 23.1 Å². The molecule has 0 saturated carbocycles. The molecule has 118 valence electrons. The van der Waals surface area contributed by atoms with Gasteiger partial charge in [0.15, 0.2) is 0 Å². The Labute approximate surface area is 121 Å². The molecule has 0 fully saturated rings. The minimum absolute atomic E-state index is 0.0714. The molecule has 0 aliphatic heterocycles. The zero-order valence-corrected chi connectivity index (χ0v) is 12.4. The van der Waals surface area contributed by atoms with Gasteiger partial charge in [-0.1, -0.05) is 0 Å². The summed E-state index contributed by atoms with van der Waals surface area (Å²) >= 11 is 0. The summed E-state index contributed by atoms with van der Waals surface area (Å²) in [6, 6.07) is 0. The molecule has 7 nitrogen and oxygen atoms in total. The highest BCUT2D eigenvalue weighted by atomic mass is 19.1. The highest BCUT2D eigenvalue weighted by Gasteiger charge is 2.15. The molecule has 0 aromatic carbocycles. The van der Waals surface area contributed by atoms with E-state index in [1.165, 1.54) is 0 Å². The second-order valence-corrected chi connectivity index (χ2v) is 5.34. The van der Waals surface area contributed by atoms with Gasteiger partial charge in [0, 0.05) is 13.2 Å². The van der Waals surface area contributed by atoms with Gasteiger partial charge in [0.2, 0.25) is 5.82 Å². The lowest BCUT2D eigenvalue weighted by Crippen LogP contribution is -2.33. The second-order valence-electron chi connectivity index (χ2n) is 5.34. The van der Waals surface area contributed by atoms with E-state index >= 15 is 0 Å². The lowest BCUT2D eigenvalue weighted by molar-refractivity contribution is 0.0517. The standard InChI is InChI=1S/C13H20FN3O4/c1-13(2,3)21-12(19)15-5-4-6-20-8-10-16-7-9(14)11(18)17-10/h7H,4-6,8H2,1-3H3,(H,15,19)(H,16,17,18). The molecule has 0 spiro atoms. The number of nitrogens with zero attached hydrogens (tertiary/aromatic N) is 1. The van der Waals surface area contributed by atoms with E-state index in [0.29, 0.717) is 19.6 Å². The minimum Gasteiger partial charge on any atom is -0.444 e. The van der Waals surface area contributed by atoms with Crippen LogP contribution in [0.1, 0.15) is 33.0 Å². The van der Waals surface area contributed by atoms with Gasteiger partial charge in [-0.05, 0) is 27.2 Å². The molecule has 0 unspecified atom stereocenters. The number of amides is 1. The van der Waals surface area contributed by atoms with Gasteiger partial charge in [0.1, 0.15) is 18.0 Å². The number of carbonyl (C=O) groups is 1. The molecule has 21 heavy (non-hydrogen) atoms. The van der Waals surface area contributed by atoms with Crippen molar-refractivity contribution in [3.8, 4) is 0 Å². The predicted octanol–water partition coefficient (Wildman–Crippen LogP) is 1.34. The Kier molecular flexibility index (Phi) is 6.29. The Morgan fingerprint density at radius 1 is 1.48 bits per heavy atom. The number of aromatic nitrogens is 2. The van der Waals surface area contributed by atoms with Gasteiger partial charge in [0.05, 0.1) is 6.20 Å². The normalized spacial score (nSPS) is 11.2. The highest BCUT2D eigenvalue weighted by Crippen LogP contribution is 2.06. The maximum absolute atomic E-state index is 12.7. The molecule has 8 heteroatoms. The monoisotopic (exact) mass is 301 g/mol. The van der Waals surface area contributed by atoms with Crippen LogP contribution >= 0.6 is 0 Å². The zero-order valence-electron chi connectivity index (χ0n) is 12.4. The third kappa shape index (κ3) is 7.40. The topological polar surface area (TPSA) is 93.3 Å². The molecule has 1 aromatic heterocycles. The SMILES string of the molecule is CC(C)(C)OC(=O)NCCCOCc1ncc(F)c(=O)[nH]1. The van der Waals surface area contributed by atoms with Crippen LogP contribution in [0.25, 0.3) is 0 Å². The molecule has 0 atom stereocenters. The molecule has 1 heterocycles. The second kappa shape index (κ2) is 7.72. The van der Waals surface area contributed by atoms with E-state index in [1.54, 1.807) is 20.8 Å². The van der Waals surface area contributed by atoms with Gasteiger partial charge in [-0.15, -0.1) is 0 Å². The quantitative estimate of drug-likeness (QED) is 0.773. The number of halogens is 1. The van der Waals surface area contributed by atoms with E-state index in [1.807, 2.05) is 0 Å². The van der Waals surface area contributed by atoms with Gasteiger partial charge in [0.25, 0.3) is 5.56 Å². The number of hydrogen-bond acceptors (Lipinski definition) is 5. The van der Waals surface area contributed by atoms with Crippen LogP contribution in [0.3, 0.4) is 0 Å². The highest BCUT2D eigenvalue weighted by molar-refractivity contribution is 5.67. The van der Waals surface area contributed by atoms with Crippen molar-refractivity contribution in [3.05, 3.63) is 28.2 Å². The van der Waals surface area contributed by atoms with Crippen LogP contribution in [-0.2, 0) is 16.1 Å². The third-order valence-electron chi connectivity index (χ3n) is 2.18. The van der Waals surface area contributed by atoms with E-state index in [9.17, 15) is 14.0 Å². The number of nitrogens with one attached hydrogen (secondary N) is 2. The molecule has 0 bridgehead atoms. The van der Waals surface area contributed by atoms with E-state index in [0.717, 1.165) is 6.20 Å². The maximum Gasteiger partial charge on any atom is 0.407 e. The van der Waals surface area contributed by atoms with Gasteiger partial charge in [-0.3, -0.25) is 4.79 Å². The molecular formula is C13H20FN3O4. The number of carbonyl (C=O) groups excluding carboxylic acids is 1. The lowest BCUT2D eigenvalue weighted by Gasteiger charge is -2.19. The summed E-state index contributed by atoms with van der Waals surface area (Å²) in [7, 11) is 0. The largest absolute Gasteiger partial charge is 0.444 e. The Bertz CT molecular complexity index is 525. The van der Waals surface area contributed by atoms with Crippen LogP contribution in [0.4, 0.5) is 9.18 Å². The summed E-state index contributed by atoms with van der Waals surface area (Å²) in [5.41, 5.74) is -1.35. The number of H-pyrrole nitrogens is 1. The predicted molar refractivity (Wildman–Crippen MR) is 73.3 cm³/mol. The molecule has 0 aliphatic carbocycles. The van der Waals surface area contributed by atoms with Crippen LogP contribution in [-0.4, -0.2) is 34.8 Å². The first-order valence-corrected chi connectivity index (χ1v) is 6.56. The summed E-state index contributed by atoms with van der Waals surface area (Å²) in [6.07, 6.45) is 0.943. The lowest BCUT2D eigenvalue weighted by atomic mass is 10.2. The van der Waals surface area contributed by atoms with Crippen molar-refractivity contribution in [3.63, 3.8) is 0 Å². The van der Waals surface area contributed by atoms with Crippen molar-refractivity contribution in [2.45, 2.75) is 39.4 Å². The van der Waals surface area contributed by atoms with Gasteiger partial charge in [-0.2, -0.15) is 4.39 Å². The average molecular weight is 301 g/mol. The van der Waals surface area contributed by atoms with Crippen molar-refractivity contribution in [2.24, 2.45) is 0 Å². The Balaban J connectivity index is 2.13. The van der Waals surface area contributed by atoms with Crippen LogP contribution in [0, 0.1) is 5.82 Å². The Hall–Kier alpha value is -1.96. The summed E-state index contributed by atoms with van der Waals surface area (Å²) < 4.78 is 23.0. The van der Waals surface area contributed by atoms with Crippen LogP contribution < -0.4 is 10.9 Å². The molecule has 1 amide bonds. The fourth-order valence-electron chi connectivity index (χ4n) is 1.34. The van der Waals surface area contributed by atoms with E-state index in [-0.39, 0.29) is 12.4 Å². The molecule has 0 aliphatic rings. The van der Waals surface area contributed by atoms with Crippen LogP contribution in [0.15, 0.2) is 11.0 Å². The summed E-state index contributed by atoms with van der Waals surface area (Å²) in [4.78, 5) is 28.2. The molecule has 1 rings (SSSR count). The van der Waals surface area contributed by atoms with Crippen molar-refractivity contribution in [2.75, 3.05) is 13.2 Å². The molecule has 1 aromatic rings. The minimum atomic E-state index is -0.930. The first-order chi connectivity index (χ1) is 9.78. The first-order valence-electron chi connectivity index (χ1n) is 6.56. The summed E-state index contributed by atoms with van der Waals surface area (Å²) in [5, 5.41) is 2.59. The molecular weight excluding hydrogens is 281 g/mol. The molecule has 0 radical (unpaired) electrons.